The van der Waals surface area contributed by atoms with Crippen LogP contribution in [0.1, 0.15) is 38.5 Å². The molecule has 0 saturated heterocycles. The van der Waals surface area contributed by atoms with Crippen molar-refractivity contribution in [2.45, 2.75) is 44.1 Å². The number of nitrogens with one attached hydrogen (secondary N) is 1. The molecule has 4 aliphatic rings. The van der Waals surface area contributed by atoms with E-state index in [9.17, 15) is 9.90 Å². The molecule has 5 rings (SSSR count). The van der Waals surface area contributed by atoms with Gasteiger partial charge in [-0.15, -0.1) is 0 Å². The first kappa shape index (κ1) is 13.8. The van der Waals surface area contributed by atoms with Crippen LogP contribution in [-0.2, 0) is 4.79 Å². The molecular formula is C17H20BrNO2. The van der Waals surface area contributed by atoms with Crippen molar-refractivity contribution in [3.8, 4) is 0 Å². The molecule has 4 atom stereocenters. The molecule has 4 saturated carbocycles. The molecule has 3 nitrogen and oxygen atoms in total. The molecule has 4 bridgehead atoms. The van der Waals surface area contributed by atoms with Crippen LogP contribution >= 0.6 is 15.9 Å². The van der Waals surface area contributed by atoms with Crippen molar-refractivity contribution in [3.63, 3.8) is 0 Å². The van der Waals surface area contributed by atoms with Crippen LogP contribution in [-0.4, -0.2) is 16.6 Å². The number of hydrogen-bond acceptors (Lipinski definition) is 2. The molecular weight excluding hydrogens is 330 g/mol. The van der Waals surface area contributed by atoms with E-state index in [0.717, 1.165) is 35.8 Å². The maximum atomic E-state index is 12.9. The van der Waals surface area contributed by atoms with Gasteiger partial charge in [-0.05, 0) is 74.6 Å². The Morgan fingerprint density at radius 1 is 1.14 bits per heavy atom. The number of halogens is 1. The highest BCUT2D eigenvalue weighted by Crippen LogP contribution is 2.61. The number of carbonyl (C=O) groups is 1. The molecule has 112 valence electrons. The van der Waals surface area contributed by atoms with E-state index in [0.29, 0.717) is 18.3 Å². The van der Waals surface area contributed by atoms with Gasteiger partial charge in [-0.2, -0.15) is 0 Å². The Bertz CT molecular complexity index is 569. The average molecular weight is 350 g/mol. The van der Waals surface area contributed by atoms with Gasteiger partial charge < -0.3 is 10.4 Å². The van der Waals surface area contributed by atoms with Gasteiger partial charge in [0.25, 0.3) is 0 Å². The standard InChI is InChI=1S/C17H20BrNO2/c18-13-1-3-14(4-2-13)19-15(20)16-6-11-5-12(7-16)9-17(21,8-11)10-16/h1-4,11-12,21H,5-10H2,(H,19,20)/t11-,12+,16?,17?. The minimum absolute atomic E-state index is 0.109. The molecule has 4 aliphatic carbocycles. The summed E-state index contributed by atoms with van der Waals surface area (Å²) in [5.41, 5.74) is -0.0847. The lowest BCUT2D eigenvalue weighted by atomic mass is 9.47. The van der Waals surface area contributed by atoms with E-state index in [1.165, 1.54) is 6.42 Å². The summed E-state index contributed by atoms with van der Waals surface area (Å²) >= 11 is 3.40. The van der Waals surface area contributed by atoms with Crippen LogP contribution in [0.5, 0.6) is 0 Å². The molecule has 4 fully saturated rings. The summed E-state index contributed by atoms with van der Waals surface area (Å²) in [5.74, 6) is 1.18. The monoisotopic (exact) mass is 349 g/mol. The average Bonchev–Trinajstić information content (AvgIpc) is 2.38. The fraction of sp³-hybridized carbons (Fsp3) is 0.588. The van der Waals surface area contributed by atoms with Crippen molar-refractivity contribution in [3.05, 3.63) is 28.7 Å². The summed E-state index contributed by atoms with van der Waals surface area (Å²) in [5, 5.41) is 13.8. The van der Waals surface area contributed by atoms with Gasteiger partial charge >= 0.3 is 0 Å². The first-order valence-electron chi connectivity index (χ1n) is 7.76. The molecule has 4 heteroatoms. The Hall–Kier alpha value is -0.870. The van der Waals surface area contributed by atoms with Crippen LogP contribution in [0.4, 0.5) is 5.69 Å². The molecule has 0 spiro atoms. The van der Waals surface area contributed by atoms with E-state index in [-0.39, 0.29) is 11.3 Å². The number of benzene rings is 1. The molecule has 2 unspecified atom stereocenters. The zero-order chi connectivity index (χ0) is 14.7. The maximum Gasteiger partial charge on any atom is 0.230 e. The van der Waals surface area contributed by atoms with Crippen LogP contribution < -0.4 is 5.32 Å². The quantitative estimate of drug-likeness (QED) is 0.854. The maximum absolute atomic E-state index is 12.9. The SMILES string of the molecule is O=C(Nc1ccc(Br)cc1)C12C[C@@H]3C[C@@H](CC(O)(C3)C1)C2. The number of rotatable bonds is 2. The third-order valence-corrected chi connectivity index (χ3v) is 6.14. The van der Waals surface area contributed by atoms with Gasteiger partial charge in [-0.3, -0.25) is 4.79 Å². The predicted molar refractivity (Wildman–Crippen MR) is 84.8 cm³/mol. The van der Waals surface area contributed by atoms with Crippen LogP contribution in [0.2, 0.25) is 0 Å². The molecule has 0 heterocycles. The van der Waals surface area contributed by atoms with Crippen LogP contribution in [0.25, 0.3) is 0 Å². The highest BCUT2D eigenvalue weighted by atomic mass is 79.9. The van der Waals surface area contributed by atoms with E-state index in [1.807, 2.05) is 24.3 Å². The molecule has 1 aromatic rings. The lowest BCUT2D eigenvalue weighted by Gasteiger charge is -2.59. The number of amides is 1. The van der Waals surface area contributed by atoms with E-state index in [1.54, 1.807) is 0 Å². The van der Waals surface area contributed by atoms with Crippen LogP contribution in [0.15, 0.2) is 28.7 Å². The summed E-state index contributed by atoms with van der Waals surface area (Å²) in [4.78, 5) is 12.9. The van der Waals surface area contributed by atoms with Gasteiger partial charge in [0, 0.05) is 10.2 Å². The van der Waals surface area contributed by atoms with Crippen molar-refractivity contribution in [1.29, 1.82) is 0 Å². The summed E-state index contributed by atoms with van der Waals surface area (Å²) < 4.78 is 1.00. The van der Waals surface area contributed by atoms with Gasteiger partial charge in [-0.25, -0.2) is 0 Å². The topological polar surface area (TPSA) is 49.3 Å². The van der Waals surface area contributed by atoms with Gasteiger partial charge in [0.2, 0.25) is 5.91 Å². The fourth-order valence-electron chi connectivity index (χ4n) is 5.28. The molecule has 0 aliphatic heterocycles. The van der Waals surface area contributed by atoms with Crippen molar-refractivity contribution >= 4 is 27.5 Å². The fourth-order valence-corrected chi connectivity index (χ4v) is 5.54. The van der Waals surface area contributed by atoms with Crippen LogP contribution in [0.3, 0.4) is 0 Å². The summed E-state index contributed by atoms with van der Waals surface area (Å²) in [6, 6.07) is 7.69. The molecule has 2 N–H and O–H groups in total. The number of anilines is 1. The van der Waals surface area contributed by atoms with Gasteiger partial charge in [0.1, 0.15) is 0 Å². The second kappa shape index (κ2) is 4.56. The highest BCUT2D eigenvalue weighted by molar-refractivity contribution is 9.10. The van der Waals surface area contributed by atoms with Crippen molar-refractivity contribution in [2.24, 2.45) is 17.3 Å². The number of aliphatic hydroxyl groups is 1. The molecule has 1 amide bonds. The molecule has 21 heavy (non-hydrogen) atoms. The molecule has 0 radical (unpaired) electrons. The Kier molecular flexibility index (Phi) is 2.99. The van der Waals surface area contributed by atoms with E-state index >= 15 is 0 Å². The molecule has 0 aromatic heterocycles. The van der Waals surface area contributed by atoms with Crippen molar-refractivity contribution in [1.82, 2.24) is 0 Å². The Morgan fingerprint density at radius 3 is 2.33 bits per heavy atom. The largest absolute Gasteiger partial charge is 0.390 e. The third-order valence-electron chi connectivity index (χ3n) is 5.61. The normalized spacial score (nSPS) is 40.3. The van der Waals surface area contributed by atoms with Crippen molar-refractivity contribution < 1.29 is 9.90 Å². The van der Waals surface area contributed by atoms with Gasteiger partial charge in [0.05, 0.1) is 11.0 Å². The first-order valence-corrected chi connectivity index (χ1v) is 8.55. The van der Waals surface area contributed by atoms with Crippen LogP contribution in [0, 0.1) is 17.3 Å². The summed E-state index contributed by atoms with van der Waals surface area (Å²) in [7, 11) is 0. The lowest BCUT2D eigenvalue weighted by Crippen LogP contribution is -2.59. The van der Waals surface area contributed by atoms with Gasteiger partial charge in [-0.1, -0.05) is 15.9 Å². The highest BCUT2D eigenvalue weighted by Gasteiger charge is 2.60. The summed E-state index contributed by atoms with van der Waals surface area (Å²) in [6.07, 6.45) is 5.56. The van der Waals surface area contributed by atoms with Gasteiger partial charge in [0.15, 0.2) is 0 Å². The minimum Gasteiger partial charge on any atom is -0.390 e. The number of hydrogen-bond donors (Lipinski definition) is 2. The second-order valence-electron chi connectivity index (χ2n) is 7.43. The van der Waals surface area contributed by atoms with Crippen molar-refractivity contribution in [2.75, 3.05) is 5.32 Å². The zero-order valence-electron chi connectivity index (χ0n) is 11.9. The Labute approximate surface area is 133 Å². The zero-order valence-corrected chi connectivity index (χ0v) is 13.5. The second-order valence-corrected chi connectivity index (χ2v) is 8.34. The minimum atomic E-state index is -0.582. The predicted octanol–water partition coefficient (Wildman–Crippen LogP) is 3.72. The summed E-state index contributed by atoms with van der Waals surface area (Å²) in [6.45, 7) is 0. The Morgan fingerprint density at radius 2 is 1.76 bits per heavy atom. The number of carbonyl (C=O) groups excluding carboxylic acids is 1. The van der Waals surface area contributed by atoms with E-state index < -0.39 is 5.60 Å². The van der Waals surface area contributed by atoms with E-state index in [2.05, 4.69) is 21.2 Å². The Balaban J connectivity index is 1.57. The smallest absolute Gasteiger partial charge is 0.230 e. The lowest BCUT2D eigenvalue weighted by molar-refractivity contribution is -0.174. The first-order chi connectivity index (χ1) is 9.96. The van der Waals surface area contributed by atoms with E-state index in [4.69, 9.17) is 0 Å². The molecule has 1 aromatic carbocycles. The third kappa shape index (κ3) is 2.33.